The van der Waals surface area contributed by atoms with Crippen molar-refractivity contribution in [2.75, 3.05) is 26.2 Å². The highest BCUT2D eigenvalue weighted by atomic mass is 32.2. The topological polar surface area (TPSA) is 128 Å². The second-order valence-corrected chi connectivity index (χ2v) is 10.9. The van der Waals surface area contributed by atoms with Crippen molar-refractivity contribution < 1.29 is 23.1 Å². The monoisotopic (exact) mass is 492 g/mol. The molecule has 0 aromatic heterocycles. The number of aliphatic hydroxyl groups excluding tert-OH is 1. The van der Waals surface area contributed by atoms with Crippen molar-refractivity contribution in [1.82, 2.24) is 20.3 Å². The lowest BCUT2D eigenvalue weighted by atomic mass is 9.87. The number of hydrogen-bond acceptors (Lipinski definition) is 5. The molecule has 188 valence electrons. The molecule has 4 N–H and O–H groups in total. The zero-order chi connectivity index (χ0) is 24.7. The third-order valence-electron chi connectivity index (χ3n) is 6.72. The number of carbonyl (C=O) groups excluding carboxylic acids is 2. The van der Waals surface area contributed by atoms with Crippen LogP contribution in [0, 0.1) is 5.92 Å². The fraction of sp³-hybridized carbons (Fsp3) is 0.583. The largest absolute Gasteiger partial charge is 0.396 e. The zero-order valence-electron chi connectivity index (χ0n) is 20.0. The average molecular weight is 493 g/mol. The van der Waals surface area contributed by atoms with Gasteiger partial charge in [0.2, 0.25) is 0 Å². The van der Waals surface area contributed by atoms with Crippen LogP contribution in [0.25, 0.3) is 0 Å². The minimum absolute atomic E-state index is 0.00476. The first-order valence-electron chi connectivity index (χ1n) is 11.9. The van der Waals surface area contributed by atoms with Gasteiger partial charge < -0.3 is 20.6 Å². The molecule has 0 spiro atoms. The minimum Gasteiger partial charge on any atom is -0.396 e. The van der Waals surface area contributed by atoms with Gasteiger partial charge in [0.05, 0.1) is 4.90 Å². The molecule has 3 rings (SSSR count). The van der Waals surface area contributed by atoms with Crippen molar-refractivity contribution >= 4 is 22.1 Å². The number of hydrogen-bond donors (Lipinski definition) is 4. The second-order valence-electron chi connectivity index (χ2n) is 9.20. The van der Waals surface area contributed by atoms with Crippen LogP contribution in [0.1, 0.15) is 51.5 Å². The summed E-state index contributed by atoms with van der Waals surface area (Å²) in [5.41, 5.74) is 3.45. The van der Waals surface area contributed by atoms with Crippen LogP contribution in [-0.4, -0.2) is 62.8 Å². The van der Waals surface area contributed by atoms with E-state index >= 15 is 0 Å². The van der Waals surface area contributed by atoms with Gasteiger partial charge in [0.1, 0.15) is 0 Å². The van der Waals surface area contributed by atoms with Gasteiger partial charge in [0.15, 0.2) is 0 Å². The zero-order valence-corrected chi connectivity index (χ0v) is 20.8. The number of carbonyl (C=O) groups is 2. The summed E-state index contributed by atoms with van der Waals surface area (Å²) < 4.78 is 27.2. The summed E-state index contributed by atoms with van der Waals surface area (Å²) >= 11 is 0. The molecule has 1 aromatic rings. The summed E-state index contributed by atoms with van der Waals surface area (Å²) in [7, 11) is -3.98. The molecule has 34 heavy (non-hydrogen) atoms. The Bertz CT molecular complexity index is 999. The SMILES string of the molecule is CCC1=C(C)CN(C(=O)NCCc2ccc(S(=O)(=O)NC(=O)NC3CCC(CO)CC3)cc2)C1. The standard InChI is InChI=1S/C24H36N4O5S/c1-3-20-15-28(14-17(20)2)24(31)25-13-12-18-6-10-22(11-7-18)34(32,33)27-23(30)26-21-8-4-19(16-29)5-9-21/h6-7,10-11,19,21,29H,3-5,8-9,12-16H2,1-2H3,(H,25,31)(H2,26,27,30). The number of nitrogens with zero attached hydrogens (tertiary/aromatic N) is 1. The van der Waals surface area contributed by atoms with Crippen LogP contribution in [0.4, 0.5) is 9.59 Å². The van der Waals surface area contributed by atoms with Crippen LogP contribution in [0.3, 0.4) is 0 Å². The summed E-state index contributed by atoms with van der Waals surface area (Å²) in [5.74, 6) is 0.256. The molecule has 0 unspecified atom stereocenters. The first kappa shape index (κ1) is 26.0. The maximum Gasteiger partial charge on any atom is 0.328 e. The van der Waals surface area contributed by atoms with Gasteiger partial charge >= 0.3 is 12.1 Å². The number of amides is 4. The minimum atomic E-state index is -3.98. The van der Waals surface area contributed by atoms with Crippen molar-refractivity contribution in [3.05, 3.63) is 41.0 Å². The van der Waals surface area contributed by atoms with Crippen LogP contribution in [0.5, 0.6) is 0 Å². The van der Waals surface area contributed by atoms with E-state index in [1.807, 2.05) is 0 Å². The van der Waals surface area contributed by atoms with Gasteiger partial charge in [-0.2, -0.15) is 0 Å². The number of rotatable bonds is 8. The van der Waals surface area contributed by atoms with E-state index in [4.69, 9.17) is 0 Å². The molecule has 0 bridgehead atoms. The van der Waals surface area contributed by atoms with Gasteiger partial charge in [0, 0.05) is 32.3 Å². The molecule has 1 heterocycles. The third kappa shape index (κ3) is 6.96. The molecule has 1 aliphatic heterocycles. The molecule has 0 saturated heterocycles. The lowest BCUT2D eigenvalue weighted by Crippen LogP contribution is -2.45. The molecule has 4 amide bonds. The van der Waals surface area contributed by atoms with Crippen molar-refractivity contribution in [2.24, 2.45) is 5.92 Å². The van der Waals surface area contributed by atoms with E-state index in [0.29, 0.717) is 26.1 Å². The Morgan fingerprint density at radius 2 is 1.76 bits per heavy atom. The maximum absolute atomic E-state index is 12.6. The van der Waals surface area contributed by atoms with Crippen molar-refractivity contribution in [1.29, 1.82) is 0 Å². The Kier molecular flexibility index (Phi) is 8.96. The molecular weight excluding hydrogens is 456 g/mol. The van der Waals surface area contributed by atoms with Gasteiger partial charge in [0.25, 0.3) is 10.0 Å². The lowest BCUT2D eigenvalue weighted by molar-refractivity contribution is 0.175. The Hall–Kier alpha value is -2.59. The van der Waals surface area contributed by atoms with E-state index in [9.17, 15) is 23.1 Å². The number of nitrogens with one attached hydrogen (secondary N) is 3. The van der Waals surface area contributed by atoms with Gasteiger partial charge in [-0.3, -0.25) is 0 Å². The van der Waals surface area contributed by atoms with E-state index in [0.717, 1.165) is 37.7 Å². The summed E-state index contributed by atoms with van der Waals surface area (Å²) in [5, 5.41) is 14.8. The van der Waals surface area contributed by atoms with Crippen LogP contribution in [-0.2, 0) is 16.4 Å². The molecule has 0 radical (unpaired) electrons. The molecule has 1 fully saturated rings. The highest BCUT2D eigenvalue weighted by Gasteiger charge is 2.25. The highest BCUT2D eigenvalue weighted by Crippen LogP contribution is 2.23. The first-order chi connectivity index (χ1) is 16.2. The Morgan fingerprint density at radius 1 is 1.09 bits per heavy atom. The third-order valence-corrected chi connectivity index (χ3v) is 8.06. The van der Waals surface area contributed by atoms with Crippen LogP contribution in [0.15, 0.2) is 40.3 Å². The normalized spacial score (nSPS) is 20.9. The second kappa shape index (κ2) is 11.7. The fourth-order valence-electron chi connectivity index (χ4n) is 4.52. The number of sulfonamides is 1. The average Bonchev–Trinajstić information content (AvgIpc) is 3.20. The molecule has 1 saturated carbocycles. The quantitative estimate of drug-likeness (QED) is 0.415. The summed E-state index contributed by atoms with van der Waals surface area (Å²) in [6.45, 7) is 6.07. The van der Waals surface area contributed by atoms with Crippen LogP contribution >= 0.6 is 0 Å². The van der Waals surface area contributed by atoms with Crippen molar-refractivity contribution in [3.8, 4) is 0 Å². The van der Waals surface area contributed by atoms with E-state index in [2.05, 4.69) is 29.2 Å². The number of benzene rings is 1. The lowest BCUT2D eigenvalue weighted by Gasteiger charge is -2.27. The fourth-order valence-corrected chi connectivity index (χ4v) is 5.44. The Balaban J connectivity index is 1.43. The van der Waals surface area contributed by atoms with Crippen molar-refractivity contribution in [3.63, 3.8) is 0 Å². The molecule has 0 atom stereocenters. The van der Waals surface area contributed by atoms with Gasteiger partial charge in [-0.1, -0.05) is 30.2 Å². The summed E-state index contributed by atoms with van der Waals surface area (Å²) in [6.07, 6.45) is 4.58. The predicted molar refractivity (Wildman–Crippen MR) is 130 cm³/mol. The Morgan fingerprint density at radius 3 is 2.35 bits per heavy atom. The smallest absolute Gasteiger partial charge is 0.328 e. The molecule has 9 nitrogen and oxygen atoms in total. The summed E-state index contributed by atoms with van der Waals surface area (Å²) in [4.78, 5) is 26.3. The van der Waals surface area contributed by atoms with E-state index in [1.54, 1.807) is 17.0 Å². The molecule has 1 aliphatic carbocycles. The molecular formula is C24H36N4O5S. The maximum atomic E-state index is 12.6. The van der Waals surface area contributed by atoms with Gasteiger partial charge in [-0.05, 0) is 69.1 Å². The molecule has 2 aliphatic rings. The highest BCUT2D eigenvalue weighted by molar-refractivity contribution is 7.90. The molecule has 10 heteroatoms. The van der Waals surface area contributed by atoms with Crippen molar-refractivity contribution in [2.45, 2.75) is 63.3 Å². The van der Waals surface area contributed by atoms with E-state index in [-0.39, 0.29) is 29.5 Å². The van der Waals surface area contributed by atoms with E-state index < -0.39 is 16.1 Å². The van der Waals surface area contributed by atoms with Gasteiger partial charge in [-0.15, -0.1) is 0 Å². The molecule has 1 aromatic carbocycles. The Labute approximate surface area is 202 Å². The number of aliphatic hydroxyl groups is 1. The first-order valence-corrected chi connectivity index (χ1v) is 13.4. The van der Waals surface area contributed by atoms with Gasteiger partial charge in [-0.25, -0.2) is 22.7 Å². The van der Waals surface area contributed by atoms with Crippen LogP contribution in [0.2, 0.25) is 0 Å². The predicted octanol–water partition coefficient (Wildman–Crippen LogP) is 2.52. The van der Waals surface area contributed by atoms with Crippen LogP contribution < -0.4 is 15.4 Å². The number of urea groups is 2. The summed E-state index contributed by atoms with van der Waals surface area (Å²) in [6, 6.07) is 5.36. The van der Waals surface area contributed by atoms with E-state index in [1.165, 1.54) is 23.3 Å².